The van der Waals surface area contributed by atoms with E-state index in [9.17, 15) is 4.79 Å². The maximum atomic E-state index is 12.3. The van der Waals surface area contributed by atoms with Gasteiger partial charge in [0.1, 0.15) is 0 Å². The summed E-state index contributed by atoms with van der Waals surface area (Å²) in [6, 6.07) is 5.74. The average Bonchev–Trinajstić information content (AvgIpc) is 2.39. The van der Waals surface area contributed by atoms with Gasteiger partial charge in [0.15, 0.2) is 0 Å². The fraction of sp³-hybridized carbons (Fsp3) is 0.438. The number of rotatable bonds is 5. The van der Waals surface area contributed by atoms with E-state index in [1.165, 1.54) is 0 Å². The highest BCUT2D eigenvalue weighted by atomic mass is 32.2. The van der Waals surface area contributed by atoms with Crippen LogP contribution >= 0.6 is 11.8 Å². The second-order valence-electron chi connectivity index (χ2n) is 4.65. The molecule has 0 aliphatic carbocycles. The molecule has 1 atom stereocenters. The first kappa shape index (κ1) is 16.6. The van der Waals surface area contributed by atoms with Gasteiger partial charge in [-0.15, -0.1) is 0 Å². The van der Waals surface area contributed by atoms with E-state index in [2.05, 4.69) is 17.2 Å². The number of aliphatic hydroxyl groups excluding tert-OH is 1. The van der Waals surface area contributed by atoms with Gasteiger partial charge in [0, 0.05) is 23.8 Å². The van der Waals surface area contributed by atoms with E-state index in [1.54, 1.807) is 17.8 Å². The van der Waals surface area contributed by atoms with Crippen molar-refractivity contribution in [1.82, 2.24) is 5.32 Å². The number of hydrogen-bond donors (Lipinski definition) is 2. The molecule has 1 aromatic rings. The lowest BCUT2D eigenvalue weighted by Gasteiger charge is -2.13. The SMILES string of the molecule is CSCC(C)NC(=O)c1ccc(C)cc1C#CCCO. The molecule has 1 rings (SSSR count). The molecule has 0 radical (unpaired) electrons. The molecule has 3 nitrogen and oxygen atoms in total. The number of aliphatic hydroxyl groups is 1. The summed E-state index contributed by atoms with van der Waals surface area (Å²) in [5.74, 6) is 6.61. The van der Waals surface area contributed by atoms with Gasteiger partial charge in [-0.3, -0.25) is 4.79 Å². The standard InChI is InChI=1S/C16H21NO2S/c1-12-7-8-15(14(10-12)6-4-5-9-18)16(19)17-13(2)11-20-3/h7-8,10,13,18H,5,9,11H2,1-3H3,(H,17,19). The second kappa shape index (κ2) is 8.68. The maximum Gasteiger partial charge on any atom is 0.252 e. The van der Waals surface area contributed by atoms with Crippen molar-refractivity contribution in [3.8, 4) is 11.8 Å². The molecular formula is C16H21NO2S. The number of hydrogen-bond acceptors (Lipinski definition) is 3. The molecule has 0 saturated heterocycles. The van der Waals surface area contributed by atoms with Gasteiger partial charge in [0.2, 0.25) is 0 Å². The largest absolute Gasteiger partial charge is 0.395 e. The Morgan fingerprint density at radius 3 is 2.90 bits per heavy atom. The number of nitrogens with one attached hydrogen (secondary N) is 1. The molecule has 2 N–H and O–H groups in total. The highest BCUT2D eigenvalue weighted by Gasteiger charge is 2.12. The molecule has 108 valence electrons. The minimum absolute atomic E-state index is 0.0328. The van der Waals surface area contributed by atoms with Crippen molar-refractivity contribution in [1.29, 1.82) is 0 Å². The lowest BCUT2D eigenvalue weighted by Crippen LogP contribution is -2.34. The van der Waals surface area contributed by atoms with Crippen LogP contribution in [-0.4, -0.2) is 35.7 Å². The quantitative estimate of drug-likeness (QED) is 0.818. The van der Waals surface area contributed by atoms with Crippen LogP contribution in [0.2, 0.25) is 0 Å². The molecule has 0 bridgehead atoms. The molecule has 0 saturated carbocycles. The Bertz CT molecular complexity index is 517. The van der Waals surface area contributed by atoms with Crippen LogP contribution in [0.25, 0.3) is 0 Å². The Morgan fingerprint density at radius 2 is 2.25 bits per heavy atom. The van der Waals surface area contributed by atoms with Gasteiger partial charge in [0.25, 0.3) is 5.91 Å². The van der Waals surface area contributed by atoms with Gasteiger partial charge in [-0.25, -0.2) is 0 Å². The third-order valence-corrected chi connectivity index (χ3v) is 3.51. The van der Waals surface area contributed by atoms with E-state index < -0.39 is 0 Å². The Kier molecular flexibility index (Phi) is 7.21. The van der Waals surface area contributed by atoms with E-state index in [0.29, 0.717) is 17.5 Å². The summed E-state index contributed by atoms with van der Waals surface area (Å²) < 4.78 is 0. The number of carbonyl (C=O) groups excluding carboxylic acids is 1. The third-order valence-electron chi connectivity index (χ3n) is 2.67. The summed E-state index contributed by atoms with van der Waals surface area (Å²) in [6.07, 6.45) is 2.43. The minimum atomic E-state index is -0.0974. The smallest absolute Gasteiger partial charge is 0.252 e. The van der Waals surface area contributed by atoms with Gasteiger partial charge < -0.3 is 10.4 Å². The van der Waals surface area contributed by atoms with Crippen LogP contribution in [-0.2, 0) is 0 Å². The minimum Gasteiger partial charge on any atom is -0.395 e. The highest BCUT2D eigenvalue weighted by molar-refractivity contribution is 7.98. The first-order valence-corrected chi connectivity index (χ1v) is 7.98. The Hall–Kier alpha value is -1.44. The Morgan fingerprint density at radius 1 is 1.50 bits per heavy atom. The van der Waals surface area contributed by atoms with Crippen molar-refractivity contribution in [2.45, 2.75) is 26.3 Å². The molecule has 1 aromatic carbocycles. The van der Waals surface area contributed by atoms with Crippen LogP contribution in [0.1, 0.15) is 34.8 Å². The van der Waals surface area contributed by atoms with Crippen molar-refractivity contribution in [3.63, 3.8) is 0 Å². The fourth-order valence-corrected chi connectivity index (χ4v) is 2.35. The molecule has 0 spiro atoms. The van der Waals surface area contributed by atoms with Crippen LogP contribution in [0.3, 0.4) is 0 Å². The Labute approximate surface area is 125 Å². The van der Waals surface area contributed by atoms with Crippen molar-refractivity contribution in [2.75, 3.05) is 18.6 Å². The number of carbonyl (C=O) groups is 1. The normalized spacial score (nSPS) is 11.4. The van der Waals surface area contributed by atoms with Crippen LogP contribution in [0.5, 0.6) is 0 Å². The van der Waals surface area contributed by atoms with E-state index in [-0.39, 0.29) is 18.6 Å². The summed E-state index contributed by atoms with van der Waals surface area (Å²) in [4.78, 5) is 12.3. The van der Waals surface area contributed by atoms with Gasteiger partial charge in [-0.05, 0) is 37.8 Å². The van der Waals surface area contributed by atoms with Crippen LogP contribution in [0.15, 0.2) is 18.2 Å². The molecule has 4 heteroatoms. The van der Waals surface area contributed by atoms with Gasteiger partial charge >= 0.3 is 0 Å². The summed E-state index contributed by atoms with van der Waals surface area (Å²) in [5.41, 5.74) is 2.37. The zero-order valence-electron chi connectivity index (χ0n) is 12.2. The van der Waals surface area contributed by atoms with Crippen molar-refractivity contribution in [3.05, 3.63) is 34.9 Å². The first-order chi connectivity index (χ1) is 9.58. The average molecular weight is 291 g/mol. The van der Waals surface area contributed by atoms with Crippen molar-refractivity contribution >= 4 is 17.7 Å². The van der Waals surface area contributed by atoms with E-state index in [0.717, 1.165) is 11.3 Å². The molecule has 20 heavy (non-hydrogen) atoms. The molecule has 1 amide bonds. The number of amides is 1. The zero-order chi connectivity index (χ0) is 15.0. The van der Waals surface area contributed by atoms with E-state index in [4.69, 9.17) is 5.11 Å². The molecule has 0 aromatic heterocycles. The van der Waals surface area contributed by atoms with Crippen LogP contribution in [0.4, 0.5) is 0 Å². The lowest BCUT2D eigenvalue weighted by molar-refractivity contribution is 0.0943. The maximum absolute atomic E-state index is 12.3. The van der Waals surface area contributed by atoms with E-state index >= 15 is 0 Å². The predicted molar refractivity (Wildman–Crippen MR) is 85.1 cm³/mol. The van der Waals surface area contributed by atoms with Gasteiger partial charge in [-0.2, -0.15) is 11.8 Å². The molecule has 0 aliphatic rings. The number of thioether (sulfide) groups is 1. The molecule has 0 fully saturated rings. The van der Waals surface area contributed by atoms with Crippen LogP contribution < -0.4 is 5.32 Å². The summed E-state index contributed by atoms with van der Waals surface area (Å²) in [6.45, 7) is 3.99. The molecular weight excluding hydrogens is 270 g/mol. The van der Waals surface area contributed by atoms with E-state index in [1.807, 2.05) is 32.2 Å². The van der Waals surface area contributed by atoms with Gasteiger partial charge in [0.05, 0.1) is 12.2 Å². The lowest BCUT2D eigenvalue weighted by atomic mass is 10.0. The monoisotopic (exact) mass is 291 g/mol. The first-order valence-electron chi connectivity index (χ1n) is 6.58. The van der Waals surface area contributed by atoms with Crippen LogP contribution in [0, 0.1) is 18.8 Å². The zero-order valence-corrected chi connectivity index (χ0v) is 13.0. The summed E-state index contributed by atoms with van der Waals surface area (Å²) in [5, 5.41) is 11.7. The second-order valence-corrected chi connectivity index (χ2v) is 5.56. The number of benzene rings is 1. The molecule has 0 heterocycles. The summed E-state index contributed by atoms with van der Waals surface area (Å²) in [7, 11) is 0. The summed E-state index contributed by atoms with van der Waals surface area (Å²) >= 11 is 1.70. The number of aryl methyl sites for hydroxylation is 1. The Balaban J connectivity index is 2.93. The topological polar surface area (TPSA) is 49.3 Å². The molecule has 0 aliphatic heterocycles. The van der Waals surface area contributed by atoms with Gasteiger partial charge in [-0.1, -0.05) is 17.9 Å². The van der Waals surface area contributed by atoms with Crippen molar-refractivity contribution in [2.24, 2.45) is 0 Å². The molecule has 1 unspecified atom stereocenters. The predicted octanol–water partition coefficient (Wildman–Crippen LogP) is 2.21. The van der Waals surface area contributed by atoms with Crippen molar-refractivity contribution < 1.29 is 9.90 Å². The third kappa shape index (κ3) is 5.28. The highest BCUT2D eigenvalue weighted by Crippen LogP contribution is 2.11. The fourth-order valence-electron chi connectivity index (χ4n) is 1.77.